The molecule has 0 aliphatic carbocycles. The van der Waals surface area contributed by atoms with Gasteiger partial charge in [0, 0.05) is 5.69 Å². The first-order valence-electron chi connectivity index (χ1n) is 5.95. The summed E-state index contributed by atoms with van der Waals surface area (Å²) in [6.45, 7) is 1.58. The molecular formula is C14H14FNO3S. The smallest absolute Gasteiger partial charge is 0.261 e. The van der Waals surface area contributed by atoms with Crippen molar-refractivity contribution in [1.29, 1.82) is 0 Å². The van der Waals surface area contributed by atoms with Crippen molar-refractivity contribution >= 4 is 15.7 Å². The quantitative estimate of drug-likeness (QED) is 0.911. The first kappa shape index (κ1) is 14.5. The van der Waals surface area contributed by atoms with Crippen LogP contribution in [0, 0.1) is 5.82 Å². The van der Waals surface area contributed by atoms with Crippen LogP contribution in [0.15, 0.2) is 53.4 Å². The summed E-state index contributed by atoms with van der Waals surface area (Å²) in [7, 11) is -3.85. The summed E-state index contributed by atoms with van der Waals surface area (Å²) < 4.78 is 39.6. The predicted molar refractivity (Wildman–Crippen MR) is 74.3 cm³/mol. The van der Waals surface area contributed by atoms with E-state index in [1.165, 1.54) is 24.3 Å². The second-order valence-electron chi connectivity index (χ2n) is 4.36. The van der Waals surface area contributed by atoms with Gasteiger partial charge in [-0.15, -0.1) is 0 Å². The monoisotopic (exact) mass is 295 g/mol. The molecular weight excluding hydrogens is 281 g/mol. The van der Waals surface area contributed by atoms with Crippen molar-refractivity contribution in [3.05, 3.63) is 59.9 Å². The number of hydrogen-bond donors (Lipinski definition) is 2. The molecule has 0 spiro atoms. The van der Waals surface area contributed by atoms with E-state index >= 15 is 0 Å². The Morgan fingerprint density at radius 1 is 1.15 bits per heavy atom. The van der Waals surface area contributed by atoms with Gasteiger partial charge in [0.1, 0.15) is 5.82 Å². The summed E-state index contributed by atoms with van der Waals surface area (Å²) in [5.41, 5.74) is 0.900. The fourth-order valence-electron chi connectivity index (χ4n) is 1.71. The lowest BCUT2D eigenvalue weighted by Gasteiger charge is -2.10. The average Bonchev–Trinajstić information content (AvgIpc) is 2.38. The maximum atomic E-state index is 13.1. The van der Waals surface area contributed by atoms with Crippen molar-refractivity contribution in [2.24, 2.45) is 0 Å². The van der Waals surface area contributed by atoms with Gasteiger partial charge in [0.05, 0.1) is 11.0 Å². The van der Waals surface area contributed by atoms with Crippen molar-refractivity contribution in [1.82, 2.24) is 0 Å². The third kappa shape index (κ3) is 3.34. The zero-order valence-corrected chi connectivity index (χ0v) is 11.6. The van der Waals surface area contributed by atoms with Crippen LogP contribution in [0.2, 0.25) is 0 Å². The van der Waals surface area contributed by atoms with E-state index < -0.39 is 21.9 Å². The van der Waals surface area contributed by atoms with Crippen molar-refractivity contribution in [2.45, 2.75) is 17.9 Å². The van der Waals surface area contributed by atoms with Gasteiger partial charge in [-0.1, -0.05) is 18.2 Å². The average molecular weight is 295 g/mol. The third-order valence-corrected chi connectivity index (χ3v) is 4.11. The minimum absolute atomic E-state index is 0.153. The van der Waals surface area contributed by atoms with Crippen LogP contribution in [0.25, 0.3) is 0 Å². The van der Waals surface area contributed by atoms with Crippen LogP contribution in [0.5, 0.6) is 0 Å². The Morgan fingerprint density at radius 2 is 1.85 bits per heavy atom. The van der Waals surface area contributed by atoms with E-state index in [2.05, 4.69) is 4.72 Å². The number of rotatable bonds is 4. The summed E-state index contributed by atoms with van der Waals surface area (Å²) in [6.07, 6.45) is -0.700. The van der Waals surface area contributed by atoms with Crippen molar-refractivity contribution in [3.63, 3.8) is 0 Å². The number of aliphatic hydroxyl groups is 1. The van der Waals surface area contributed by atoms with E-state index in [-0.39, 0.29) is 4.90 Å². The highest BCUT2D eigenvalue weighted by Crippen LogP contribution is 2.20. The minimum atomic E-state index is -3.85. The maximum Gasteiger partial charge on any atom is 0.261 e. The zero-order chi connectivity index (χ0) is 14.8. The Balaban J connectivity index is 2.31. The van der Waals surface area contributed by atoms with E-state index in [0.29, 0.717) is 11.3 Å². The molecule has 1 atom stereocenters. The Kier molecular flexibility index (Phi) is 4.06. The first-order chi connectivity index (χ1) is 9.38. The molecule has 20 heavy (non-hydrogen) atoms. The number of halogens is 1. The largest absolute Gasteiger partial charge is 0.389 e. The lowest BCUT2D eigenvalue weighted by atomic mass is 10.1. The zero-order valence-electron chi connectivity index (χ0n) is 10.7. The normalized spacial score (nSPS) is 12.9. The van der Waals surface area contributed by atoms with Gasteiger partial charge in [-0.2, -0.15) is 0 Å². The highest BCUT2D eigenvalue weighted by Gasteiger charge is 2.15. The molecule has 0 bridgehead atoms. The minimum Gasteiger partial charge on any atom is -0.389 e. The number of hydrogen-bond acceptors (Lipinski definition) is 3. The van der Waals surface area contributed by atoms with E-state index in [1.807, 2.05) is 0 Å². The molecule has 2 N–H and O–H groups in total. The van der Waals surface area contributed by atoms with Gasteiger partial charge in [0.2, 0.25) is 0 Å². The second kappa shape index (κ2) is 5.60. The molecule has 2 aromatic carbocycles. The molecule has 0 aromatic heterocycles. The van der Waals surface area contributed by atoms with E-state index in [9.17, 15) is 17.9 Å². The summed E-state index contributed by atoms with van der Waals surface area (Å²) in [5.74, 6) is -0.620. The Bertz CT molecular complexity index is 714. The first-order valence-corrected chi connectivity index (χ1v) is 7.43. The molecule has 0 fully saturated rings. The van der Waals surface area contributed by atoms with Crippen LogP contribution in [-0.2, 0) is 10.0 Å². The second-order valence-corrected chi connectivity index (χ2v) is 6.05. The standard InChI is InChI=1S/C14H14FNO3S/c1-10(17)11-4-2-6-13(8-11)16-20(18,19)14-7-3-5-12(15)9-14/h2-10,16-17H,1H3. The van der Waals surface area contributed by atoms with Crippen molar-refractivity contribution in [3.8, 4) is 0 Å². The molecule has 4 nitrogen and oxygen atoms in total. The SMILES string of the molecule is CC(O)c1cccc(NS(=O)(=O)c2cccc(F)c2)c1. The highest BCUT2D eigenvalue weighted by atomic mass is 32.2. The summed E-state index contributed by atoms with van der Waals surface area (Å²) >= 11 is 0. The molecule has 0 aliphatic rings. The van der Waals surface area contributed by atoms with E-state index in [4.69, 9.17) is 0 Å². The molecule has 6 heteroatoms. The molecule has 2 aromatic rings. The molecule has 0 amide bonds. The van der Waals surface area contributed by atoms with Gasteiger partial charge in [-0.25, -0.2) is 12.8 Å². The van der Waals surface area contributed by atoms with Crippen LogP contribution in [0.1, 0.15) is 18.6 Å². The maximum absolute atomic E-state index is 13.1. The van der Waals surface area contributed by atoms with Gasteiger partial charge in [-0.05, 0) is 42.8 Å². The van der Waals surface area contributed by atoms with Crippen LogP contribution >= 0.6 is 0 Å². The van der Waals surface area contributed by atoms with Gasteiger partial charge >= 0.3 is 0 Å². The topological polar surface area (TPSA) is 66.4 Å². The molecule has 2 rings (SSSR count). The number of aliphatic hydroxyl groups excluding tert-OH is 1. The third-order valence-electron chi connectivity index (χ3n) is 2.73. The Labute approximate surface area is 116 Å². The van der Waals surface area contributed by atoms with Crippen molar-refractivity contribution in [2.75, 3.05) is 4.72 Å². The van der Waals surface area contributed by atoms with Crippen LogP contribution in [0.3, 0.4) is 0 Å². The molecule has 0 saturated heterocycles. The fraction of sp³-hybridized carbons (Fsp3) is 0.143. The summed E-state index contributed by atoms with van der Waals surface area (Å²) in [4.78, 5) is -0.153. The lowest BCUT2D eigenvalue weighted by Crippen LogP contribution is -2.13. The Hall–Kier alpha value is -1.92. The number of anilines is 1. The van der Waals surface area contributed by atoms with Crippen LogP contribution < -0.4 is 4.72 Å². The predicted octanol–water partition coefficient (Wildman–Crippen LogP) is 2.68. The van der Waals surface area contributed by atoms with Gasteiger partial charge in [-0.3, -0.25) is 4.72 Å². The summed E-state index contributed by atoms with van der Waals surface area (Å²) in [6, 6.07) is 11.2. The van der Waals surface area contributed by atoms with Crippen molar-refractivity contribution < 1.29 is 17.9 Å². The lowest BCUT2D eigenvalue weighted by molar-refractivity contribution is 0.199. The van der Waals surface area contributed by atoms with Crippen LogP contribution in [-0.4, -0.2) is 13.5 Å². The van der Waals surface area contributed by atoms with Crippen LogP contribution in [0.4, 0.5) is 10.1 Å². The molecule has 0 aliphatic heterocycles. The van der Waals surface area contributed by atoms with Gasteiger partial charge < -0.3 is 5.11 Å². The molecule has 0 radical (unpaired) electrons. The number of benzene rings is 2. The molecule has 0 heterocycles. The summed E-state index contributed by atoms with van der Waals surface area (Å²) in [5, 5.41) is 9.47. The van der Waals surface area contributed by atoms with E-state index in [0.717, 1.165) is 6.07 Å². The molecule has 0 saturated carbocycles. The Morgan fingerprint density at radius 3 is 2.50 bits per heavy atom. The van der Waals surface area contributed by atoms with E-state index in [1.54, 1.807) is 25.1 Å². The highest BCUT2D eigenvalue weighted by molar-refractivity contribution is 7.92. The van der Waals surface area contributed by atoms with Gasteiger partial charge in [0.15, 0.2) is 0 Å². The number of sulfonamides is 1. The number of nitrogens with one attached hydrogen (secondary N) is 1. The molecule has 106 valence electrons. The van der Waals surface area contributed by atoms with Gasteiger partial charge in [0.25, 0.3) is 10.0 Å². The molecule has 1 unspecified atom stereocenters. The fourth-order valence-corrected chi connectivity index (χ4v) is 2.79.